The van der Waals surface area contributed by atoms with Crippen LogP contribution >= 0.6 is 11.6 Å². The van der Waals surface area contributed by atoms with Gasteiger partial charge in [-0.15, -0.1) is 0 Å². The molecular weight excluding hydrogens is 394 g/mol. The zero-order valence-corrected chi connectivity index (χ0v) is 16.7. The number of benzene rings is 1. The molecule has 4 rings (SSSR count). The zero-order valence-electron chi connectivity index (χ0n) is 15.9. The summed E-state index contributed by atoms with van der Waals surface area (Å²) in [5.74, 6) is -0.582. The fourth-order valence-electron chi connectivity index (χ4n) is 3.98. The molecule has 0 spiro atoms. The highest BCUT2D eigenvalue weighted by molar-refractivity contribution is 6.31. The Morgan fingerprint density at radius 2 is 2.00 bits per heavy atom. The van der Waals surface area contributed by atoms with Gasteiger partial charge in [0.2, 0.25) is 0 Å². The minimum Gasteiger partial charge on any atom is -0.366 e. The van der Waals surface area contributed by atoms with Crippen molar-refractivity contribution in [3.05, 3.63) is 62.5 Å². The molecule has 1 aromatic heterocycles. The lowest BCUT2D eigenvalue weighted by Crippen LogP contribution is -2.41. The van der Waals surface area contributed by atoms with Crippen LogP contribution in [0, 0.1) is 0 Å². The van der Waals surface area contributed by atoms with Gasteiger partial charge in [0, 0.05) is 24.5 Å². The van der Waals surface area contributed by atoms with Crippen molar-refractivity contribution in [2.45, 2.75) is 25.0 Å². The van der Waals surface area contributed by atoms with E-state index in [-0.39, 0.29) is 28.4 Å². The molecule has 1 saturated heterocycles. The number of anilines is 1. The molecule has 0 bridgehead atoms. The smallest absolute Gasteiger partial charge is 0.261 e. The van der Waals surface area contributed by atoms with Crippen molar-refractivity contribution in [3.63, 3.8) is 0 Å². The van der Waals surface area contributed by atoms with E-state index in [0.717, 1.165) is 19.4 Å². The molecule has 0 radical (unpaired) electrons. The number of pyridine rings is 1. The fraction of sp³-hybridized carbons (Fsp3) is 0.350. The summed E-state index contributed by atoms with van der Waals surface area (Å²) in [7, 11) is 2.01. The van der Waals surface area contributed by atoms with E-state index in [4.69, 9.17) is 17.3 Å². The van der Waals surface area contributed by atoms with E-state index >= 15 is 0 Å². The number of H-pyrrole nitrogens is 1. The molecule has 8 nitrogen and oxygen atoms in total. The Kier molecular flexibility index (Phi) is 5.16. The van der Waals surface area contributed by atoms with Gasteiger partial charge < -0.3 is 20.9 Å². The maximum absolute atomic E-state index is 12.9. The molecule has 2 atom stereocenters. The number of aromatic amines is 1. The third kappa shape index (κ3) is 3.55. The Morgan fingerprint density at radius 1 is 1.24 bits per heavy atom. The van der Waals surface area contributed by atoms with Crippen LogP contribution in [0.5, 0.6) is 0 Å². The number of hydrogen-bond donors (Lipinski definition) is 3. The van der Waals surface area contributed by atoms with Crippen LogP contribution in [0.2, 0.25) is 5.02 Å². The number of likely N-dealkylation sites (tertiary alicyclic amines) is 1. The standard InChI is InChI=1S/C20H22ClN5O3/c1-25-8-2-3-12(25)10-26-19(28)13-5-4-11(9-14(13)20(26)29)24-17(22)16-15(21)6-7-23-18(16)27/h4-7,9,12,17,24H,2-3,8,10,22H2,1H3,(H,23,27). The number of carbonyl (C=O) groups excluding carboxylic acids is 2. The van der Waals surface area contributed by atoms with E-state index < -0.39 is 11.7 Å². The number of nitrogens with two attached hydrogens (primary N) is 1. The molecule has 3 heterocycles. The van der Waals surface area contributed by atoms with E-state index in [2.05, 4.69) is 15.2 Å². The molecule has 29 heavy (non-hydrogen) atoms. The first-order valence-electron chi connectivity index (χ1n) is 9.46. The van der Waals surface area contributed by atoms with Crippen molar-refractivity contribution in [1.29, 1.82) is 0 Å². The Morgan fingerprint density at radius 3 is 2.69 bits per heavy atom. The summed E-state index contributed by atoms with van der Waals surface area (Å²) in [5, 5.41) is 3.23. The van der Waals surface area contributed by atoms with Crippen molar-refractivity contribution in [2.75, 3.05) is 25.5 Å². The van der Waals surface area contributed by atoms with Crippen LogP contribution in [0.15, 0.2) is 35.3 Å². The molecule has 1 fully saturated rings. The predicted octanol–water partition coefficient (Wildman–Crippen LogP) is 1.79. The number of imide groups is 1. The Labute approximate surface area is 172 Å². The third-order valence-corrected chi connectivity index (χ3v) is 5.94. The van der Waals surface area contributed by atoms with E-state index in [1.165, 1.54) is 11.1 Å². The number of likely N-dealkylation sites (N-methyl/N-ethyl adjacent to an activating group) is 1. The lowest BCUT2D eigenvalue weighted by molar-refractivity contribution is 0.0618. The first-order chi connectivity index (χ1) is 13.9. The predicted molar refractivity (Wildman–Crippen MR) is 110 cm³/mol. The molecule has 0 aliphatic carbocycles. The van der Waals surface area contributed by atoms with Gasteiger partial charge in [-0.05, 0) is 50.7 Å². The van der Waals surface area contributed by atoms with Gasteiger partial charge >= 0.3 is 0 Å². The first-order valence-corrected chi connectivity index (χ1v) is 9.84. The number of nitrogens with one attached hydrogen (secondary N) is 2. The Balaban J connectivity index is 1.55. The second-order valence-electron chi connectivity index (χ2n) is 7.45. The van der Waals surface area contributed by atoms with Crippen molar-refractivity contribution in [3.8, 4) is 0 Å². The number of nitrogens with zero attached hydrogens (tertiary/aromatic N) is 2. The van der Waals surface area contributed by atoms with Crippen molar-refractivity contribution < 1.29 is 9.59 Å². The average Bonchev–Trinajstić information content (AvgIpc) is 3.18. The number of fused-ring (bicyclic) bond motifs is 1. The maximum atomic E-state index is 12.9. The number of carbonyl (C=O) groups is 2. The van der Waals surface area contributed by atoms with Gasteiger partial charge in [0.15, 0.2) is 0 Å². The molecule has 2 amide bonds. The monoisotopic (exact) mass is 415 g/mol. The lowest BCUT2D eigenvalue weighted by Gasteiger charge is -2.24. The van der Waals surface area contributed by atoms with Gasteiger partial charge in [-0.2, -0.15) is 0 Å². The molecule has 2 unspecified atom stereocenters. The van der Waals surface area contributed by atoms with Crippen LogP contribution in [0.25, 0.3) is 0 Å². The highest BCUT2D eigenvalue weighted by Crippen LogP contribution is 2.29. The van der Waals surface area contributed by atoms with Gasteiger partial charge in [0.25, 0.3) is 17.4 Å². The van der Waals surface area contributed by atoms with Gasteiger partial charge in [0.1, 0.15) is 6.17 Å². The summed E-state index contributed by atoms with van der Waals surface area (Å²) < 4.78 is 0. The highest BCUT2D eigenvalue weighted by atomic mass is 35.5. The normalized spacial score (nSPS) is 20.2. The molecule has 1 aromatic carbocycles. The number of rotatable bonds is 5. The summed E-state index contributed by atoms with van der Waals surface area (Å²) in [4.78, 5) is 43.6. The number of hydrogen-bond acceptors (Lipinski definition) is 6. The molecule has 0 saturated carbocycles. The molecule has 2 aliphatic heterocycles. The van der Waals surface area contributed by atoms with Crippen LogP contribution in [0.1, 0.15) is 45.3 Å². The third-order valence-electron chi connectivity index (χ3n) is 5.61. The molecule has 9 heteroatoms. The SMILES string of the molecule is CN1CCCC1CN1C(=O)c2ccc(NC(N)c3c(Cl)cc[nH]c3=O)cc2C1=O. The highest BCUT2D eigenvalue weighted by Gasteiger charge is 2.38. The van der Waals surface area contributed by atoms with Gasteiger partial charge in [0.05, 0.1) is 21.7 Å². The lowest BCUT2D eigenvalue weighted by atomic mass is 10.1. The van der Waals surface area contributed by atoms with E-state index in [1.54, 1.807) is 24.3 Å². The second kappa shape index (κ2) is 7.62. The summed E-state index contributed by atoms with van der Waals surface area (Å²) in [6.07, 6.45) is 2.60. The summed E-state index contributed by atoms with van der Waals surface area (Å²) in [6, 6.07) is 6.61. The fourth-order valence-corrected chi connectivity index (χ4v) is 4.24. The van der Waals surface area contributed by atoms with Gasteiger partial charge in [-0.1, -0.05) is 11.6 Å². The summed E-state index contributed by atoms with van der Waals surface area (Å²) in [6.45, 7) is 1.36. The van der Waals surface area contributed by atoms with E-state index in [1.807, 2.05) is 7.05 Å². The molecule has 2 aliphatic rings. The van der Waals surface area contributed by atoms with E-state index in [0.29, 0.717) is 23.4 Å². The van der Waals surface area contributed by atoms with Crippen LogP contribution in [-0.4, -0.2) is 52.8 Å². The number of aromatic nitrogens is 1. The first kappa shape index (κ1) is 19.6. The quantitative estimate of drug-likeness (QED) is 0.507. The van der Waals surface area contributed by atoms with Gasteiger partial charge in [-0.25, -0.2) is 0 Å². The average molecular weight is 416 g/mol. The number of amides is 2. The Hall–Kier alpha value is -2.68. The number of halogens is 1. The maximum Gasteiger partial charge on any atom is 0.261 e. The Bertz CT molecular complexity index is 1040. The van der Waals surface area contributed by atoms with E-state index in [9.17, 15) is 14.4 Å². The van der Waals surface area contributed by atoms with Crippen LogP contribution in [0.4, 0.5) is 5.69 Å². The largest absolute Gasteiger partial charge is 0.366 e. The minimum atomic E-state index is -0.874. The molecule has 4 N–H and O–H groups in total. The van der Waals surface area contributed by atoms with Crippen molar-refractivity contribution >= 4 is 29.1 Å². The van der Waals surface area contributed by atoms with Gasteiger partial charge in [-0.3, -0.25) is 19.3 Å². The van der Waals surface area contributed by atoms with Crippen LogP contribution < -0.4 is 16.6 Å². The molecular formula is C20H22ClN5O3. The summed E-state index contributed by atoms with van der Waals surface area (Å²) in [5.41, 5.74) is 7.15. The minimum absolute atomic E-state index is 0.190. The summed E-state index contributed by atoms with van der Waals surface area (Å²) >= 11 is 6.09. The zero-order chi connectivity index (χ0) is 20.7. The van der Waals surface area contributed by atoms with Crippen LogP contribution in [-0.2, 0) is 0 Å². The topological polar surface area (TPSA) is 112 Å². The molecule has 152 valence electrons. The van der Waals surface area contributed by atoms with Crippen LogP contribution in [0.3, 0.4) is 0 Å². The van der Waals surface area contributed by atoms with Crippen molar-refractivity contribution in [1.82, 2.24) is 14.8 Å². The second-order valence-corrected chi connectivity index (χ2v) is 7.86. The molecule has 2 aromatic rings. The van der Waals surface area contributed by atoms with Crippen molar-refractivity contribution in [2.24, 2.45) is 5.73 Å².